The summed E-state index contributed by atoms with van der Waals surface area (Å²) in [6.07, 6.45) is -3.06. The Kier molecular flexibility index (Phi) is 30.4. The van der Waals surface area contributed by atoms with Gasteiger partial charge in [0.2, 0.25) is 11.8 Å². The first-order valence-electron chi connectivity index (χ1n) is 41.2. The number of methoxy groups -OCH3 is 4. The van der Waals surface area contributed by atoms with Gasteiger partial charge in [-0.3, -0.25) is 38.6 Å². The van der Waals surface area contributed by atoms with Crippen molar-refractivity contribution < 1.29 is 105 Å². The zero-order valence-electron chi connectivity index (χ0n) is 69.4. The van der Waals surface area contributed by atoms with Gasteiger partial charge in [-0.1, -0.05) is 206 Å². The molecule has 0 radical (unpaired) electrons. The molecule has 4 N–H and O–H groups in total. The Labute approximate surface area is 719 Å². The van der Waals surface area contributed by atoms with Gasteiger partial charge in [-0.15, -0.1) is 0 Å². The monoisotopic (exact) mass is 1680 g/mol. The van der Waals surface area contributed by atoms with Crippen molar-refractivity contribution >= 4 is 47.9 Å². The quantitative estimate of drug-likeness (QED) is 0.00957. The minimum absolute atomic E-state index is 0.0157. The smallest absolute Gasteiger partial charge is 0.410 e. The zero-order valence-corrected chi connectivity index (χ0v) is 69.4. The maximum Gasteiger partial charge on any atom is 0.410 e. The van der Waals surface area contributed by atoms with Crippen molar-refractivity contribution in [2.75, 3.05) is 107 Å². The van der Waals surface area contributed by atoms with Gasteiger partial charge >= 0.3 is 36.1 Å². The fraction of sp³-hybridized carbons (Fsp3) is 0.306. The summed E-state index contributed by atoms with van der Waals surface area (Å²) in [5, 5.41) is 25.2. The van der Waals surface area contributed by atoms with Gasteiger partial charge in [-0.25, -0.2) is 9.59 Å². The van der Waals surface area contributed by atoms with Crippen molar-refractivity contribution in [3.63, 3.8) is 0 Å². The van der Waals surface area contributed by atoms with Crippen molar-refractivity contribution in [2.45, 2.75) is 85.9 Å². The molecule has 0 unspecified atom stereocenters. The summed E-state index contributed by atoms with van der Waals surface area (Å²) in [5.41, 5.74) is 12.2. The number of carboxylic acids is 1. The number of hydrogen-bond donors (Lipinski definition) is 4. The summed E-state index contributed by atoms with van der Waals surface area (Å²) >= 11 is 0. The van der Waals surface area contributed by atoms with Crippen LogP contribution in [0.15, 0.2) is 255 Å². The van der Waals surface area contributed by atoms with E-state index in [9.17, 15) is 43.5 Å². The second-order valence-corrected chi connectivity index (χ2v) is 29.9. The number of likely N-dealkylation sites (tertiary alicyclic amines) is 2. The SMILES string of the molecule is COc1ccc(C(OCCOCCNC(=O)[C@@H]2C[C@@H](O)CN2C(=O)OCC2c3ccccc3-c3ccccc32)(c2ccccc2)c2ccc(OC)cc2)cc1.COc1ccc(C(OCCOCCNC(=O)[C@@H]2C[C@@H](OC(=O)CCC(=O)O)CN2C(=O)OCC2c3ccccc3-c3ccccc32)(c2ccccc2)c2ccc(OC)cc2)cc1.O=C1CCC(=O)O1. The molecule has 3 fully saturated rings. The van der Waals surface area contributed by atoms with E-state index >= 15 is 0 Å². The van der Waals surface area contributed by atoms with Crippen molar-refractivity contribution in [3.8, 4) is 45.3 Å². The van der Waals surface area contributed by atoms with Crippen LogP contribution in [0.2, 0.25) is 0 Å². The standard InChI is InChI=1S/C49H50N2O11.C45H46N2O8.C4H4O3/c1-57-36-20-16-34(17-21-36)49(33-10-4-3-5-11-33,35-18-22-37(58-2)23-19-35)61-29-28-59-27-26-50-47(55)44-30-38(62-46(54)25-24-45(52)53)31-51(44)48(56)60-32-43-41-14-8-6-12-39(41)40-13-7-9-15-42(40)43;1-51-35-20-16-32(17-21-35)45(31-10-4-3-5-11-31,33-18-22-36(52-2)23-19-33)55-27-26-53-25-24-46-43(49)42-28-34(48)29-47(42)44(50)54-30-41-39-14-8-6-12-37(39)38-13-7-9-15-40(38)41;5-3-1-2-4(6)7-3/h3-23,38,43-44H,24-32H2,1-2H3,(H,50,55)(H,52,53);3-23,34,41-42,48H,24-30H2,1-2H3,(H,46,49);1-2H2/t38-,44+;34-,42+;/m11./s1. The first kappa shape index (κ1) is 88.5. The maximum absolute atomic E-state index is 13.7. The molecule has 644 valence electrons. The number of amides is 4. The Morgan fingerprint density at radius 1 is 0.403 bits per heavy atom. The van der Waals surface area contributed by atoms with E-state index in [4.69, 9.17) is 57.2 Å². The number of hydrogen-bond acceptors (Lipinski definition) is 21. The number of carbonyl (C=O) groups excluding carboxylic acids is 7. The van der Waals surface area contributed by atoms with Crippen LogP contribution in [0, 0.1) is 0 Å². The van der Waals surface area contributed by atoms with Gasteiger partial charge in [0.15, 0.2) is 0 Å². The number of β-amino-alcohol motifs (C(OH)–C–C–N with tert-alkyl or cyclic N) is 1. The molecule has 0 saturated carbocycles. The Bertz CT molecular complexity index is 5090. The molecule has 10 aromatic rings. The number of nitrogens with zero attached hydrogens (tertiary/aromatic N) is 2. The molecule has 3 saturated heterocycles. The summed E-state index contributed by atoms with van der Waals surface area (Å²) in [4.78, 5) is 100. The number of carboxylic acid groups (broad SMARTS) is 1. The van der Waals surface area contributed by atoms with E-state index in [1.54, 1.807) is 28.4 Å². The van der Waals surface area contributed by atoms with Crippen molar-refractivity contribution in [2.24, 2.45) is 0 Å². The van der Waals surface area contributed by atoms with Crippen LogP contribution in [0.1, 0.15) is 106 Å². The number of nitrogens with one attached hydrogen (secondary N) is 2. The van der Waals surface area contributed by atoms with Crippen LogP contribution in [-0.2, 0) is 77.9 Å². The number of fused-ring (bicyclic) bond motifs is 6. The molecule has 124 heavy (non-hydrogen) atoms. The van der Waals surface area contributed by atoms with E-state index < -0.39 is 83.9 Å². The summed E-state index contributed by atoms with van der Waals surface area (Å²) in [6, 6.07) is 81.4. The third kappa shape index (κ3) is 21.1. The van der Waals surface area contributed by atoms with Gasteiger partial charge in [0, 0.05) is 37.8 Å². The van der Waals surface area contributed by atoms with E-state index in [1.165, 1.54) is 9.80 Å². The average Bonchev–Trinajstić information content (AvgIpc) is 1.20. The van der Waals surface area contributed by atoms with Crippen molar-refractivity contribution in [1.29, 1.82) is 0 Å². The molecule has 5 aliphatic rings. The van der Waals surface area contributed by atoms with Crippen LogP contribution in [0.5, 0.6) is 23.0 Å². The molecule has 4 amide bonds. The molecule has 0 spiro atoms. The predicted molar refractivity (Wildman–Crippen MR) is 458 cm³/mol. The number of carbonyl (C=O) groups is 8. The highest BCUT2D eigenvalue weighted by atomic mass is 16.6. The Balaban J connectivity index is 0.000000198. The number of rotatable bonds is 34. The van der Waals surface area contributed by atoms with Crippen LogP contribution in [0.3, 0.4) is 0 Å². The lowest BCUT2D eigenvalue weighted by molar-refractivity contribution is -0.152. The number of aliphatic hydroxyl groups is 1. The maximum atomic E-state index is 13.7. The molecule has 26 nitrogen and oxygen atoms in total. The van der Waals surface area contributed by atoms with Crippen LogP contribution in [-0.4, -0.2) is 200 Å². The molecule has 26 heteroatoms. The van der Waals surface area contributed by atoms with Gasteiger partial charge in [-0.05, 0) is 126 Å². The second kappa shape index (κ2) is 42.5. The number of esters is 3. The van der Waals surface area contributed by atoms with E-state index in [0.717, 1.165) is 89.4 Å². The lowest BCUT2D eigenvalue weighted by atomic mass is 9.80. The third-order valence-corrected chi connectivity index (χ3v) is 22.4. The lowest BCUT2D eigenvalue weighted by Gasteiger charge is -2.36. The summed E-state index contributed by atoms with van der Waals surface area (Å²) in [6.45, 7) is 1.68. The fourth-order valence-corrected chi connectivity index (χ4v) is 16.4. The third-order valence-electron chi connectivity index (χ3n) is 22.4. The molecule has 15 rings (SSSR count). The number of benzene rings is 10. The normalized spacial score (nSPS) is 16.2. The number of cyclic esters (lactones) is 2. The zero-order chi connectivity index (χ0) is 87.0. The van der Waals surface area contributed by atoms with Crippen LogP contribution in [0.25, 0.3) is 22.3 Å². The predicted octanol–water partition coefficient (Wildman–Crippen LogP) is 13.3. The Hall–Kier alpha value is -13.2. The van der Waals surface area contributed by atoms with Crippen LogP contribution in [0.4, 0.5) is 9.59 Å². The highest BCUT2D eigenvalue weighted by molar-refractivity contribution is 5.93. The molecule has 2 aliphatic carbocycles. The minimum Gasteiger partial charge on any atom is -0.497 e. The van der Waals surface area contributed by atoms with Crippen LogP contribution >= 0.6 is 0 Å². The fourth-order valence-electron chi connectivity index (χ4n) is 16.4. The molecular weight excluding hydrogens is 1590 g/mol. The second-order valence-electron chi connectivity index (χ2n) is 29.9. The largest absolute Gasteiger partial charge is 0.497 e. The number of ether oxygens (including phenoxy) is 12. The van der Waals surface area contributed by atoms with Gasteiger partial charge < -0.3 is 77.7 Å². The Morgan fingerprint density at radius 2 is 0.734 bits per heavy atom. The lowest BCUT2D eigenvalue weighted by Crippen LogP contribution is -2.47. The molecule has 10 aromatic carbocycles. The molecule has 0 bridgehead atoms. The average molecular weight is 1690 g/mol. The van der Waals surface area contributed by atoms with Gasteiger partial charge in [0.1, 0.15) is 65.6 Å². The Morgan fingerprint density at radius 3 is 1.07 bits per heavy atom. The topological polar surface area (TPSA) is 318 Å². The molecule has 0 aromatic heterocycles. The highest BCUT2D eigenvalue weighted by Crippen LogP contribution is 2.48. The van der Waals surface area contributed by atoms with E-state index in [2.05, 4.69) is 39.6 Å². The first-order chi connectivity index (χ1) is 60.4. The van der Waals surface area contributed by atoms with E-state index in [0.29, 0.717) is 11.5 Å². The number of aliphatic hydroxyl groups excluding tert-OH is 1. The van der Waals surface area contributed by atoms with Gasteiger partial charge in [0.05, 0.1) is 113 Å². The molecular formula is C98H100N4O22. The highest BCUT2D eigenvalue weighted by Gasteiger charge is 2.45. The first-order valence-corrected chi connectivity index (χ1v) is 41.2. The molecule has 3 aliphatic heterocycles. The van der Waals surface area contributed by atoms with Crippen molar-refractivity contribution in [3.05, 3.63) is 310 Å². The van der Waals surface area contributed by atoms with E-state index in [-0.39, 0.29) is 129 Å². The van der Waals surface area contributed by atoms with Gasteiger partial charge in [0.25, 0.3) is 0 Å². The molecule has 3 heterocycles. The summed E-state index contributed by atoms with van der Waals surface area (Å²) < 4.78 is 68.6. The van der Waals surface area contributed by atoms with Crippen molar-refractivity contribution in [1.82, 2.24) is 20.4 Å². The number of aliphatic carboxylic acids is 1. The summed E-state index contributed by atoms with van der Waals surface area (Å²) in [7, 11) is 6.51. The van der Waals surface area contributed by atoms with Gasteiger partial charge in [-0.2, -0.15) is 0 Å². The van der Waals surface area contributed by atoms with Crippen LogP contribution < -0.4 is 29.6 Å². The van der Waals surface area contributed by atoms with E-state index in [1.807, 2.05) is 231 Å². The minimum atomic E-state index is -1.13. The summed E-state index contributed by atoms with van der Waals surface area (Å²) in [5.74, 6) is -0.907. The molecule has 4 atom stereocenters.